The zero-order valence-corrected chi connectivity index (χ0v) is 26.3. The zero-order chi connectivity index (χ0) is 32.1. The first kappa shape index (κ1) is 26.4. The van der Waals surface area contributed by atoms with Gasteiger partial charge in [-0.3, -0.25) is 4.40 Å². The first-order valence-electron chi connectivity index (χ1n) is 16.6. The molecule has 4 nitrogen and oxygen atoms in total. The highest BCUT2D eigenvalue weighted by Gasteiger charge is 2.20. The molecule has 3 heterocycles. The molecule has 8 aromatic carbocycles. The summed E-state index contributed by atoms with van der Waals surface area (Å²) in [6.07, 6.45) is 2.11. The summed E-state index contributed by atoms with van der Waals surface area (Å²) in [7, 11) is 0. The Morgan fingerprint density at radius 3 is 1.94 bits per heavy atom. The lowest BCUT2D eigenvalue weighted by molar-refractivity contribution is 1.23. The number of nitrogens with zero attached hydrogens (tertiary/aromatic N) is 4. The average Bonchev–Trinajstić information content (AvgIpc) is 3.57. The van der Waals surface area contributed by atoms with E-state index in [0.29, 0.717) is 0 Å². The molecule has 226 valence electrons. The second kappa shape index (κ2) is 9.93. The van der Waals surface area contributed by atoms with E-state index < -0.39 is 0 Å². The van der Waals surface area contributed by atoms with Crippen molar-refractivity contribution in [2.45, 2.75) is 0 Å². The number of rotatable bonds is 2. The van der Waals surface area contributed by atoms with Gasteiger partial charge in [-0.1, -0.05) is 121 Å². The molecule has 0 N–H and O–H groups in total. The fourth-order valence-electron chi connectivity index (χ4n) is 7.83. The maximum absolute atomic E-state index is 5.50. The number of imidazole rings is 1. The smallest absolute Gasteiger partial charge is 0.137 e. The molecule has 0 radical (unpaired) electrons. The van der Waals surface area contributed by atoms with E-state index in [1.54, 1.807) is 0 Å². The zero-order valence-electron chi connectivity index (χ0n) is 26.3. The molecule has 0 spiro atoms. The van der Waals surface area contributed by atoms with E-state index in [4.69, 9.17) is 15.0 Å². The van der Waals surface area contributed by atoms with Gasteiger partial charge in [-0.25, -0.2) is 15.0 Å². The van der Waals surface area contributed by atoms with Gasteiger partial charge in [0.05, 0.1) is 33.5 Å². The third-order valence-corrected chi connectivity index (χ3v) is 10.1. The Balaban J connectivity index is 1.29. The van der Waals surface area contributed by atoms with Crippen molar-refractivity contribution in [3.63, 3.8) is 0 Å². The van der Waals surface area contributed by atoms with Crippen molar-refractivity contribution in [1.29, 1.82) is 0 Å². The SMILES string of the molecule is c1ccc2cc(-c3nc4ccc5ccccc5c4nc3-c3ccc4c(c3)c3c5ccccc5ccc3c3nc5ccccn5c43)ccc2c1. The summed E-state index contributed by atoms with van der Waals surface area (Å²) < 4.78 is 2.22. The van der Waals surface area contributed by atoms with Crippen LogP contribution in [0.5, 0.6) is 0 Å². The molecule has 0 unspecified atom stereocenters. The minimum atomic E-state index is 0.868. The predicted octanol–water partition coefficient (Wildman–Crippen LogP) is 11.5. The number of aromatic nitrogens is 4. The predicted molar refractivity (Wildman–Crippen MR) is 204 cm³/mol. The van der Waals surface area contributed by atoms with E-state index in [1.165, 1.54) is 32.3 Å². The molecule has 3 aromatic heterocycles. The quantitative estimate of drug-likeness (QED) is 0.180. The molecule has 0 bridgehead atoms. The van der Waals surface area contributed by atoms with Crippen LogP contribution >= 0.6 is 0 Å². The maximum atomic E-state index is 5.50. The minimum absolute atomic E-state index is 0.868. The fraction of sp³-hybridized carbons (Fsp3) is 0. The number of hydrogen-bond acceptors (Lipinski definition) is 3. The van der Waals surface area contributed by atoms with Crippen molar-refractivity contribution in [1.82, 2.24) is 19.4 Å². The molecular formula is C45H26N4. The molecule has 11 rings (SSSR count). The molecule has 11 aromatic rings. The van der Waals surface area contributed by atoms with Crippen molar-refractivity contribution in [3.8, 4) is 22.5 Å². The van der Waals surface area contributed by atoms with E-state index in [9.17, 15) is 0 Å². The highest BCUT2D eigenvalue weighted by Crippen LogP contribution is 2.42. The average molecular weight is 623 g/mol. The maximum Gasteiger partial charge on any atom is 0.137 e. The highest BCUT2D eigenvalue weighted by atomic mass is 15.0. The topological polar surface area (TPSA) is 43.1 Å². The molecule has 0 aliphatic carbocycles. The lowest BCUT2D eigenvalue weighted by atomic mass is 9.92. The van der Waals surface area contributed by atoms with Gasteiger partial charge in [0, 0.05) is 33.5 Å². The van der Waals surface area contributed by atoms with Gasteiger partial charge in [-0.15, -0.1) is 0 Å². The van der Waals surface area contributed by atoms with Gasteiger partial charge in [0.25, 0.3) is 0 Å². The molecule has 0 aliphatic rings. The third kappa shape index (κ3) is 3.83. The van der Waals surface area contributed by atoms with Crippen LogP contribution in [-0.2, 0) is 0 Å². The Hall–Kier alpha value is -6.65. The fourth-order valence-corrected chi connectivity index (χ4v) is 7.83. The van der Waals surface area contributed by atoms with Crippen LogP contribution in [0.2, 0.25) is 0 Å². The summed E-state index contributed by atoms with van der Waals surface area (Å²) in [6, 6.07) is 53.9. The molecular weight excluding hydrogens is 597 g/mol. The molecule has 0 aliphatic heterocycles. The van der Waals surface area contributed by atoms with Crippen LogP contribution in [-0.4, -0.2) is 19.4 Å². The molecule has 49 heavy (non-hydrogen) atoms. The summed E-state index contributed by atoms with van der Waals surface area (Å²) in [5.74, 6) is 0. The monoisotopic (exact) mass is 622 g/mol. The Morgan fingerprint density at radius 2 is 1.04 bits per heavy atom. The lowest BCUT2D eigenvalue weighted by Gasteiger charge is -2.15. The van der Waals surface area contributed by atoms with Crippen LogP contribution in [0.3, 0.4) is 0 Å². The third-order valence-electron chi connectivity index (χ3n) is 10.1. The minimum Gasteiger partial charge on any atom is -0.299 e. The first-order chi connectivity index (χ1) is 24.3. The van der Waals surface area contributed by atoms with Crippen LogP contribution in [0.15, 0.2) is 158 Å². The summed E-state index contributed by atoms with van der Waals surface area (Å²) in [5, 5.41) is 11.7. The largest absolute Gasteiger partial charge is 0.299 e. The van der Waals surface area contributed by atoms with Crippen molar-refractivity contribution >= 4 is 81.6 Å². The van der Waals surface area contributed by atoms with Gasteiger partial charge >= 0.3 is 0 Å². The van der Waals surface area contributed by atoms with Gasteiger partial charge in [-0.05, 0) is 68.0 Å². The standard InChI is InChI=1S/C45H26N4/c1-2-12-30-25-31(17-16-27(30)9-1)41-42(48-43-34-14-6-4-11-29(34)20-23-38(43)46-41)32-19-21-35-37(26-32)40-33-13-5-3-10-28(33)18-22-36(40)44-45(35)49-24-8-7-15-39(49)47-44/h1-26H. The first-order valence-corrected chi connectivity index (χ1v) is 16.6. The van der Waals surface area contributed by atoms with Gasteiger partial charge in [0.2, 0.25) is 0 Å². The second-order valence-corrected chi connectivity index (χ2v) is 12.8. The van der Waals surface area contributed by atoms with Gasteiger partial charge in [0.1, 0.15) is 5.65 Å². The van der Waals surface area contributed by atoms with E-state index >= 15 is 0 Å². The Kier molecular flexibility index (Phi) is 5.35. The normalized spacial score (nSPS) is 12.1. The molecule has 0 saturated heterocycles. The summed E-state index contributed by atoms with van der Waals surface area (Å²) in [4.78, 5) is 16.0. The van der Waals surface area contributed by atoms with Crippen LogP contribution in [0.4, 0.5) is 0 Å². The number of pyridine rings is 1. The molecule has 0 amide bonds. The summed E-state index contributed by atoms with van der Waals surface area (Å²) in [6.45, 7) is 0. The van der Waals surface area contributed by atoms with Crippen molar-refractivity contribution in [2.75, 3.05) is 0 Å². The van der Waals surface area contributed by atoms with Crippen LogP contribution in [0.25, 0.3) is 104 Å². The van der Waals surface area contributed by atoms with Crippen molar-refractivity contribution < 1.29 is 0 Å². The van der Waals surface area contributed by atoms with E-state index in [1.807, 2.05) is 0 Å². The number of hydrogen-bond donors (Lipinski definition) is 0. The molecule has 0 atom stereocenters. The number of benzene rings is 8. The van der Waals surface area contributed by atoms with Crippen LogP contribution in [0.1, 0.15) is 0 Å². The van der Waals surface area contributed by atoms with Crippen LogP contribution < -0.4 is 0 Å². The van der Waals surface area contributed by atoms with Gasteiger partial charge in [0.15, 0.2) is 0 Å². The highest BCUT2D eigenvalue weighted by molar-refractivity contribution is 6.31. The number of fused-ring (bicyclic) bond motifs is 14. The van der Waals surface area contributed by atoms with Crippen molar-refractivity contribution in [2.24, 2.45) is 0 Å². The van der Waals surface area contributed by atoms with Crippen molar-refractivity contribution in [3.05, 3.63) is 158 Å². The van der Waals surface area contributed by atoms with Gasteiger partial charge in [-0.2, -0.15) is 0 Å². The molecule has 4 heteroatoms. The summed E-state index contributed by atoms with van der Waals surface area (Å²) >= 11 is 0. The van der Waals surface area contributed by atoms with E-state index in [2.05, 4.69) is 162 Å². The Bertz CT molecular complexity index is 3170. The Morgan fingerprint density at radius 1 is 0.388 bits per heavy atom. The molecule has 0 fully saturated rings. The van der Waals surface area contributed by atoms with Crippen LogP contribution in [0, 0.1) is 0 Å². The van der Waals surface area contributed by atoms with Gasteiger partial charge < -0.3 is 0 Å². The van der Waals surface area contributed by atoms with E-state index in [-0.39, 0.29) is 0 Å². The Labute approximate surface area is 280 Å². The second-order valence-electron chi connectivity index (χ2n) is 12.8. The summed E-state index contributed by atoms with van der Waals surface area (Å²) in [5.41, 5.74) is 8.68. The molecule has 0 saturated carbocycles. The van der Waals surface area contributed by atoms with E-state index in [0.717, 1.165) is 71.8 Å². The lowest BCUT2D eigenvalue weighted by Crippen LogP contribution is -1.97.